The zero-order valence-corrected chi connectivity index (χ0v) is 13.7. The fourth-order valence-corrected chi connectivity index (χ4v) is 3.11. The first kappa shape index (κ1) is 14.8. The standard InChI is InChI=1S/C21H23N/c1-4-5-6-17-7-8-20-18(14-17)9-10-22-21(20)19-12-15(2)11-16(3)13-19/h7-14H,4-6H2,1-3H3. The smallest absolute Gasteiger partial charge is 0.0780 e. The zero-order valence-electron chi connectivity index (χ0n) is 13.7. The van der Waals surface area contributed by atoms with Gasteiger partial charge in [-0.05, 0) is 55.8 Å². The molecule has 0 fully saturated rings. The molecule has 1 nitrogen and oxygen atoms in total. The second-order valence-corrected chi connectivity index (χ2v) is 6.19. The Morgan fingerprint density at radius 1 is 0.909 bits per heavy atom. The molecule has 1 aromatic heterocycles. The predicted molar refractivity (Wildman–Crippen MR) is 95.3 cm³/mol. The minimum absolute atomic E-state index is 1.09. The number of unbranched alkanes of at least 4 members (excludes halogenated alkanes) is 1. The van der Waals surface area contributed by atoms with Gasteiger partial charge in [0.15, 0.2) is 0 Å². The highest BCUT2D eigenvalue weighted by Crippen LogP contribution is 2.28. The Morgan fingerprint density at radius 2 is 1.68 bits per heavy atom. The first-order valence-electron chi connectivity index (χ1n) is 8.13. The van der Waals surface area contributed by atoms with Gasteiger partial charge < -0.3 is 0 Å². The van der Waals surface area contributed by atoms with Gasteiger partial charge in [0, 0.05) is 17.1 Å². The topological polar surface area (TPSA) is 12.9 Å². The maximum absolute atomic E-state index is 4.65. The summed E-state index contributed by atoms with van der Waals surface area (Å²) in [5.41, 5.74) is 6.30. The fraction of sp³-hybridized carbons (Fsp3) is 0.286. The average molecular weight is 289 g/mol. The van der Waals surface area contributed by atoms with Crippen LogP contribution >= 0.6 is 0 Å². The molecule has 0 amide bonds. The van der Waals surface area contributed by atoms with Crippen molar-refractivity contribution in [1.29, 1.82) is 0 Å². The molecule has 2 aromatic carbocycles. The van der Waals surface area contributed by atoms with Gasteiger partial charge in [-0.3, -0.25) is 4.98 Å². The molecule has 0 saturated heterocycles. The van der Waals surface area contributed by atoms with Crippen molar-refractivity contribution in [2.45, 2.75) is 40.0 Å². The van der Waals surface area contributed by atoms with Crippen LogP contribution < -0.4 is 0 Å². The van der Waals surface area contributed by atoms with Crippen LogP contribution in [-0.4, -0.2) is 4.98 Å². The van der Waals surface area contributed by atoms with Gasteiger partial charge in [-0.15, -0.1) is 0 Å². The maximum atomic E-state index is 4.65. The molecule has 0 aliphatic rings. The first-order valence-corrected chi connectivity index (χ1v) is 8.13. The molecule has 3 aromatic rings. The molecule has 3 rings (SSSR count). The Kier molecular flexibility index (Phi) is 4.24. The number of aromatic nitrogens is 1. The Balaban J connectivity index is 2.10. The van der Waals surface area contributed by atoms with Crippen LogP contribution in [-0.2, 0) is 6.42 Å². The first-order chi connectivity index (χ1) is 10.7. The lowest BCUT2D eigenvalue weighted by atomic mass is 9.98. The molecule has 1 heterocycles. The van der Waals surface area contributed by atoms with E-state index in [2.05, 4.69) is 68.2 Å². The number of fused-ring (bicyclic) bond motifs is 1. The summed E-state index contributed by atoms with van der Waals surface area (Å²) < 4.78 is 0. The summed E-state index contributed by atoms with van der Waals surface area (Å²) in [6.07, 6.45) is 5.58. The lowest BCUT2D eigenvalue weighted by Gasteiger charge is -2.09. The lowest BCUT2D eigenvalue weighted by molar-refractivity contribution is 0.796. The van der Waals surface area contributed by atoms with Crippen LogP contribution in [0.2, 0.25) is 0 Å². The van der Waals surface area contributed by atoms with Crippen LogP contribution in [0, 0.1) is 13.8 Å². The van der Waals surface area contributed by atoms with Crippen molar-refractivity contribution in [1.82, 2.24) is 4.98 Å². The highest BCUT2D eigenvalue weighted by atomic mass is 14.7. The minimum Gasteiger partial charge on any atom is -0.256 e. The van der Waals surface area contributed by atoms with Gasteiger partial charge in [-0.1, -0.05) is 48.7 Å². The fourth-order valence-electron chi connectivity index (χ4n) is 3.11. The van der Waals surface area contributed by atoms with E-state index >= 15 is 0 Å². The van der Waals surface area contributed by atoms with Crippen LogP contribution in [0.3, 0.4) is 0 Å². The van der Waals surface area contributed by atoms with Crippen molar-refractivity contribution < 1.29 is 0 Å². The van der Waals surface area contributed by atoms with Crippen LogP contribution in [0.5, 0.6) is 0 Å². The molecule has 0 unspecified atom stereocenters. The second kappa shape index (κ2) is 6.31. The molecule has 0 bridgehead atoms. The van der Waals surface area contributed by atoms with E-state index in [1.54, 1.807) is 0 Å². The largest absolute Gasteiger partial charge is 0.256 e. The summed E-state index contributed by atoms with van der Waals surface area (Å²) in [4.78, 5) is 4.65. The average Bonchev–Trinajstić information content (AvgIpc) is 2.51. The molecular formula is C21H23N. The molecule has 22 heavy (non-hydrogen) atoms. The van der Waals surface area contributed by atoms with Gasteiger partial charge in [0.1, 0.15) is 0 Å². The highest BCUT2D eigenvalue weighted by molar-refractivity contribution is 5.95. The van der Waals surface area contributed by atoms with Gasteiger partial charge in [0.05, 0.1) is 5.69 Å². The van der Waals surface area contributed by atoms with E-state index < -0.39 is 0 Å². The van der Waals surface area contributed by atoms with Crippen molar-refractivity contribution in [3.63, 3.8) is 0 Å². The summed E-state index contributed by atoms with van der Waals surface area (Å²) in [6, 6.07) is 15.6. The Morgan fingerprint density at radius 3 is 2.41 bits per heavy atom. The number of hydrogen-bond donors (Lipinski definition) is 0. The number of nitrogens with zero attached hydrogens (tertiary/aromatic N) is 1. The molecule has 0 atom stereocenters. The normalized spacial score (nSPS) is 11.0. The van der Waals surface area contributed by atoms with Crippen LogP contribution in [0.4, 0.5) is 0 Å². The summed E-state index contributed by atoms with van der Waals surface area (Å²) >= 11 is 0. The molecule has 0 aliphatic heterocycles. The van der Waals surface area contributed by atoms with E-state index in [0.29, 0.717) is 0 Å². The zero-order chi connectivity index (χ0) is 15.5. The number of pyridine rings is 1. The van der Waals surface area contributed by atoms with Crippen LogP contribution in [0.25, 0.3) is 22.0 Å². The SMILES string of the molecule is CCCCc1ccc2c(-c3cc(C)cc(C)c3)nccc2c1. The summed E-state index contributed by atoms with van der Waals surface area (Å²) in [7, 11) is 0. The van der Waals surface area contributed by atoms with E-state index in [-0.39, 0.29) is 0 Å². The predicted octanol–water partition coefficient (Wildman–Crippen LogP) is 5.86. The summed E-state index contributed by atoms with van der Waals surface area (Å²) in [5.74, 6) is 0. The van der Waals surface area contributed by atoms with Gasteiger partial charge in [0.25, 0.3) is 0 Å². The second-order valence-electron chi connectivity index (χ2n) is 6.19. The number of hydrogen-bond acceptors (Lipinski definition) is 1. The molecule has 0 N–H and O–H groups in total. The lowest BCUT2D eigenvalue weighted by Crippen LogP contribution is -1.90. The van der Waals surface area contributed by atoms with Gasteiger partial charge >= 0.3 is 0 Å². The third kappa shape index (κ3) is 3.04. The summed E-state index contributed by atoms with van der Waals surface area (Å²) in [5, 5.41) is 2.53. The van der Waals surface area contributed by atoms with Crippen LogP contribution in [0.15, 0.2) is 48.7 Å². The van der Waals surface area contributed by atoms with Crippen molar-refractivity contribution in [3.05, 3.63) is 65.4 Å². The van der Waals surface area contributed by atoms with Gasteiger partial charge in [-0.2, -0.15) is 0 Å². The monoisotopic (exact) mass is 289 g/mol. The van der Waals surface area contributed by atoms with Crippen molar-refractivity contribution >= 4 is 10.8 Å². The number of rotatable bonds is 4. The number of benzene rings is 2. The molecule has 112 valence electrons. The molecule has 1 heteroatoms. The quantitative estimate of drug-likeness (QED) is 0.586. The van der Waals surface area contributed by atoms with Crippen molar-refractivity contribution in [2.75, 3.05) is 0 Å². The van der Waals surface area contributed by atoms with E-state index in [0.717, 1.165) is 12.1 Å². The molecule has 0 aliphatic carbocycles. The van der Waals surface area contributed by atoms with Gasteiger partial charge in [-0.25, -0.2) is 0 Å². The maximum Gasteiger partial charge on any atom is 0.0780 e. The van der Waals surface area contributed by atoms with Gasteiger partial charge in [0.2, 0.25) is 0 Å². The third-order valence-electron chi connectivity index (χ3n) is 4.14. The van der Waals surface area contributed by atoms with Crippen molar-refractivity contribution in [3.8, 4) is 11.3 Å². The van der Waals surface area contributed by atoms with E-state index in [4.69, 9.17) is 0 Å². The molecule has 0 saturated carbocycles. The van der Waals surface area contributed by atoms with E-state index in [9.17, 15) is 0 Å². The Bertz CT molecular complexity index is 782. The Hall–Kier alpha value is -2.15. The molecular weight excluding hydrogens is 266 g/mol. The third-order valence-corrected chi connectivity index (χ3v) is 4.14. The van der Waals surface area contributed by atoms with E-state index in [1.165, 1.54) is 45.9 Å². The Labute approximate surface area is 133 Å². The number of aryl methyl sites for hydroxylation is 3. The van der Waals surface area contributed by atoms with E-state index in [1.807, 2.05) is 6.20 Å². The molecule has 0 radical (unpaired) electrons. The van der Waals surface area contributed by atoms with Crippen LogP contribution in [0.1, 0.15) is 36.5 Å². The van der Waals surface area contributed by atoms with Crippen molar-refractivity contribution in [2.24, 2.45) is 0 Å². The highest BCUT2D eigenvalue weighted by Gasteiger charge is 2.07. The minimum atomic E-state index is 1.09. The summed E-state index contributed by atoms with van der Waals surface area (Å²) in [6.45, 7) is 6.53. The molecule has 0 spiro atoms.